The van der Waals surface area contributed by atoms with E-state index in [0.29, 0.717) is 0 Å². The van der Waals surface area contributed by atoms with E-state index in [9.17, 15) is 0 Å². The van der Waals surface area contributed by atoms with Gasteiger partial charge >= 0.3 is 0 Å². The quantitative estimate of drug-likeness (QED) is 0.174. The first kappa shape index (κ1) is 33.7. The Morgan fingerprint density at radius 3 is 1.98 bits per heavy atom. The fourth-order valence-electron chi connectivity index (χ4n) is 9.30. The predicted octanol–water partition coefficient (Wildman–Crippen LogP) is 15.0. The van der Waals surface area contributed by atoms with Crippen LogP contribution in [0.5, 0.6) is 0 Å². The summed E-state index contributed by atoms with van der Waals surface area (Å²) in [7, 11) is 0. The Kier molecular flexibility index (Phi) is 7.37. The van der Waals surface area contributed by atoms with E-state index < -0.39 is 0 Å². The molecule has 6 heteroatoms. The maximum Gasteiger partial charge on any atom is 0.161 e. The molecule has 0 radical (unpaired) electrons. The number of para-hydroxylation sites is 3. The number of rotatable bonds is 5. The zero-order chi connectivity index (χ0) is 39.3. The maximum atomic E-state index is 5.41. The third-order valence-corrected chi connectivity index (χ3v) is 14.2. The van der Waals surface area contributed by atoms with E-state index >= 15 is 0 Å². The molecule has 0 saturated heterocycles. The Labute approximate surface area is 353 Å². The van der Waals surface area contributed by atoms with Crippen LogP contribution >= 0.6 is 23.1 Å². The van der Waals surface area contributed by atoms with E-state index in [0.717, 1.165) is 44.1 Å². The molecule has 1 aliphatic heterocycles. The summed E-state index contributed by atoms with van der Waals surface area (Å²) in [5.74, 6) is 0.724. The lowest BCUT2D eigenvalue weighted by Gasteiger charge is -2.23. The predicted molar refractivity (Wildman–Crippen MR) is 252 cm³/mol. The van der Waals surface area contributed by atoms with Crippen molar-refractivity contribution in [2.75, 3.05) is 0 Å². The highest BCUT2D eigenvalue weighted by atomic mass is 32.2. The molecule has 12 aromatic rings. The van der Waals surface area contributed by atoms with Crippen molar-refractivity contribution >= 4 is 76.2 Å². The van der Waals surface area contributed by atoms with Crippen molar-refractivity contribution in [3.63, 3.8) is 0 Å². The molecule has 60 heavy (non-hydrogen) atoms. The second-order valence-electron chi connectivity index (χ2n) is 15.3. The van der Waals surface area contributed by atoms with Crippen molar-refractivity contribution in [3.05, 3.63) is 194 Å². The van der Waals surface area contributed by atoms with Crippen LogP contribution in [0.1, 0.15) is 0 Å². The highest BCUT2D eigenvalue weighted by Gasteiger charge is 2.29. The van der Waals surface area contributed by atoms with Gasteiger partial charge in [0.2, 0.25) is 0 Å². The average molecular weight is 801 g/mol. The number of nitrogens with zero attached hydrogens (tertiary/aromatic N) is 4. The number of fused-ring (bicyclic) bond motifs is 10. The largest absolute Gasteiger partial charge is 0.295 e. The normalized spacial score (nSPS) is 12.3. The van der Waals surface area contributed by atoms with Crippen LogP contribution in [-0.4, -0.2) is 19.1 Å². The zero-order valence-electron chi connectivity index (χ0n) is 32.1. The molecule has 8 aromatic carbocycles. The zero-order valence-corrected chi connectivity index (χ0v) is 33.7. The lowest BCUT2D eigenvalue weighted by Crippen LogP contribution is -2.06. The highest BCUT2D eigenvalue weighted by Crippen LogP contribution is 2.52. The molecule has 0 bridgehead atoms. The molecule has 0 N–H and O–H groups in total. The molecule has 0 aliphatic carbocycles. The minimum absolute atomic E-state index is 0.724. The van der Waals surface area contributed by atoms with Crippen LogP contribution in [-0.2, 0) is 0 Å². The Hall–Kier alpha value is -7.25. The summed E-state index contributed by atoms with van der Waals surface area (Å²) in [5.41, 5.74) is 13.7. The molecular weight excluding hydrogens is 769 g/mol. The first-order chi connectivity index (χ1) is 29.8. The smallest absolute Gasteiger partial charge is 0.161 e. The molecule has 0 atom stereocenters. The topological polar surface area (TPSA) is 35.6 Å². The molecule has 0 amide bonds. The minimum Gasteiger partial charge on any atom is -0.295 e. The summed E-state index contributed by atoms with van der Waals surface area (Å²) < 4.78 is 6.16. The van der Waals surface area contributed by atoms with Gasteiger partial charge in [0.1, 0.15) is 10.5 Å². The number of aromatic nitrogens is 4. The molecule has 280 valence electrons. The van der Waals surface area contributed by atoms with Crippen LogP contribution in [0.2, 0.25) is 0 Å². The van der Waals surface area contributed by atoms with Crippen LogP contribution in [0.4, 0.5) is 0 Å². The molecule has 4 aromatic heterocycles. The van der Waals surface area contributed by atoms with E-state index in [1.165, 1.54) is 75.1 Å². The Morgan fingerprint density at radius 2 is 1.12 bits per heavy atom. The Balaban J connectivity index is 0.993. The number of hydrogen-bond acceptors (Lipinski definition) is 4. The molecule has 0 spiro atoms. The molecule has 5 heterocycles. The van der Waals surface area contributed by atoms with Gasteiger partial charge in [-0.1, -0.05) is 163 Å². The van der Waals surface area contributed by atoms with Gasteiger partial charge in [0.15, 0.2) is 5.82 Å². The summed E-state index contributed by atoms with van der Waals surface area (Å²) >= 11 is 3.60. The number of thiophene rings is 1. The molecule has 0 saturated carbocycles. The van der Waals surface area contributed by atoms with Gasteiger partial charge in [0.05, 0.1) is 22.4 Å². The molecule has 1 aliphatic rings. The molecule has 4 nitrogen and oxygen atoms in total. The van der Waals surface area contributed by atoms with Crippen molar-refractivity contribution in [2.45, 2.75) is 9.79 Å². The lowest BCUT2D eigenvalue weighted by molar-refractivity contribution is 1.03. The minimum atomic E-state index is 0.724. The third kappa shape index (κ3) is 4.98. The second kappa shape index (κ2) is 13.1. The van der Waals surface area contributed by atoms with Crippen molar-refractivity contribution in [1.29, 1.82) is 0 Å². The standard InChI is InChI=1S/C54H32N4S2/c1-3-14-33(15-4-1)34-28-30-35(31-29-34)49-48-41-21-8-10-26-45(41)60-53(48)56-52(55-49)37-17-11-16-36(32-37)39-22-12-25-44-51(39)59-46-27-13-23-42-47-40-20-7-9-24-43(40)57(38-18-5-2-6-19-38)54(47)58(44)50(42)46/h1-32H. The highest BCUT2D eigenvalue weighted by molar-refractivity contribution is 8.00. The van der Waals surface area contributed by atoms with Crippen molar-refractivity contribution in [3.8, 4) is 56.3 Å². The molecule has 13 rings (SSSR count). The summed E-state index contributed by atoms with van der Waals surface area (Å²) in [5, 5.41) is 6.11. The van der Waals surface area contributed by atoms with Gasteiger partial charge in [0.25, 0.3) is 0 Å². The first-order valence-electron chi connectivity index (χ1n) is 20.2. The van der Waals surface area contributed by atoms with E-state index in [1.807, 2.05) is 11.8 Å². The lowest BCUT2D eigenvalue weighted by atomic mass is 10.00. The van der Waals surface area contributed by atoms with Crippen LogP contribution < -0.4 is 0 Å². The van der Waals surface area contributed by atoms with Crippen molar-refractivity contribution < 1.29 is 0 Å². The fourth-order valence-corrected chi connectivity index (χ4v) is 11.6. The Bertz CT molecular complexity index is 3670. The van der Waals surface area contributed by atoms with E-state index in [2.05, 4.69) is 203 Å². The second-order valence-corrected chi connectivity index (χ2v) is 17.4. The Morgan fingerprint density at radius 1 is 0.450 bits per heavy atom. The van der Waals surface area contributed by atoms with Gasteiger partial charge in [-0.25, -0.2) is 9.97 Å². The van der Waals surface area contributed by atoms with Gasteiger partial charge in [-0.3, -0.25) is 9.13 Å². The van der Waals surface area contributed by atoms with Crippen LogP contribution in [0.3, 0.4) is 0 Å². The van der Waals surface area contributed by atoms with Crippen LogP contribution in [0.15, 0.2) is 204 Å². The van der Waals surface area contributed by atoms with Gasteiger partial charge in [-0.2, -0.15) is 0 Å². The number of hydrogen-bond donors (Lipinski definition) is 0. The van der Waals surface area contributed by atoms with Crippen LogP contribution in [0, 0.1) is 0 Å². The van der Waals surface area contributed by atoms with Gasteiger partial charge in [-0.05, 0) is 64.7 Å². The maximum absolute atomic E-state index is 5.41. The summed E-state index contributed by atoms with van der Waals surface area (Å²) in [4.78, 5) is 14.2. The SMILES string of the molecule is c1ccc(-c2ccc(-c3nc(-c4cccc(-c5cccc6c5Sc5cccc7c8c9ccccc9n(-c9ccccc9)c8n-6c57)c4)nc4sc5ccccc5c34)cc2)cc1. The summed E-state index contributed by atoms with van der Waals surface area (Å²) in [6, 6.07) is 69.8. The first-order valence-corrected chi connectivity index (χ1v) is 21.8. The van der Waals surface area contributed by atoms with E-state index in [1.54, 1.807) is 11.3 Å². The monoisotopic (exact) mass is 800 g/mol. The molecule has 0 unspecified atom stereocenters. The van der Waals surface area contributed by atoms with Gasteiger partial charge < -0.3 is 0 Å². The van der Waals surface area contributed by atoms with Gasteiger partial charge in [0, 0.05) is 58.2 Å². The van der Waals surface area contributed by atoms with Gasteiger partial charge in [-0.15, -0.1) is 11.3 Å². The fraction of sp³-hybridized carbons (Fsp3) is 0. The van der Waals surface area contributed by atoms with E-state index in [4.69, 9.17) is 9.97 Å². The average Bonchev–Trinajstić information content (AvgIpc) is 3.98. The number of benzene rings is 8. The van der Waals surface area contributed by atoms with Crippen molar-refractivity contribution in [2.24, 2.45) is 0 Å². The van der Waals surface area contributed by atoms with Crippen LogP contribution in [0.25, 0.3) is 109 Å². The van der Waals surface area contributed by atoms with Crippen molar-refractivity contribution in [1.82, 2.24) is 19.1 Å². The summed E-state index contributed by atoms with van der Waals surface area (Å²) in [6.07, 6.45) is 0. The summed E-state index contributed by atoms with van der Waals surface area (Å²) in [6.45, 7) is 0. The third-order valence-electron chi connectivity index (χ3n) is 12.0. The molecule has 0 fully saturated rings. The molecular formula is C54H32N4S2. The van der Waals surface area contributed by atoms with E-state index in [-0.39, 0.29) is 0 Å².